The third-order valence-corrected chi connectivity index (χ3v) is 2.32. The summed E-state index contributed by atoms with van der Waals surface area (Å²) in [4.78, 5) is 19.4. The molecular formula is C12H14N4O. The van der Waals surface area contributed by atoms with Crippen molar-refractivity contribution in [2.45, 2.75) is 13.5 Å². The van der Waals surface area contributed by atoms with Gasteiger partial charge in [-0.3, -0.25) is 4.57 Å². The van der Waals surface area contributed by atoms with Gasteiger partial charge in [-0.05, 0) is 24.6 Å². The maximum atomic E-state index is 11.4. The summed E-state index contributed by atoms with van der Waals surface area (Å²) in [5.41, 5.74) is 0.727. The molecule has 2 heterocycles. The first kappa shape index (κ1) is 11.3. The molecule has 0 amide bonds. The van der Waals surface area contributed by atoms with Crippen molar-refractivity contribution in [3.8, 4) is 0 Å². The van der Waals surface area contributed by atoms with E-state index in [4.69, 9.17) is 0 Å². The Morgan fingerprint density at radius 3 is 2.88 bits per heavy atom. The van der Waals surface area contributed by atoms with E-state index in [9.17, 15) is 4.79 Å². The molecule has 5 nitrogen and oxygen atoms in total. The van der Waals surface area contributed by atoms with E-state index in [1.807, 2.05) is 19.1 Å². The van der Waals surface area contributed by atoms with Crippen LogP contribution in [0, 0.1) is 0 Å². The van der Waals surface area contributed by atoms with Crippen LogP contribution in [0.4, 0.5) is 5.82 Å². The lowest BCUT2D eigenvalue weighted by atomic mass is 10.3. The fourth-order valence-corrected chi connectivity index (χ4v) is 1.51. The van der Waals surface area contributed by atoms with Gasteiger partial charge in [0.15, 0.2) is 0 Å². The van der Waals surface area contributed by atoms with Gasteiger partial charge in [0.1, 0.15) is 5.82 Å². The molecule has 5 heteroatoms. The molecule has 2 rings (SSSR count). The highest BCUT2D eigenvalue weighted by atomic mass is 16.1. The fourth-order valence-electron chi connectivity index (χ4n) is 1.51. The molecule has 0 aliphatic heterocycles. The molecule has 0 saturated heterocycles. The zero-order valence-corrected chi connectivity index (χ0v) is 9.63. The molecule has 0 aliphatic carbocycles. The number of pyridine rings is 1. The van der Waals surface area contributed by atoms with Gasteiger partial charge >= 0.3 is 5.69 Å². The van der Waals surface area contributed by atoms with Gasteiger partial charge in [0, 0.05) is 25.1 Å². The molecule has 0 aromatic carbocycles. The lowest BCUT2D eigenvalue weighted by Gasteiger charge is -2.05. The van der Waals surface area contributed by atoms with E-state index in [1.54, 1.807) is 23.0 Å². The fraction of sp³-hybridized carbons (Fsp3) is 0.250. The van der Waals surface area contributed by atoms with Crippen LogP contribution in [0.25, 0.3) is 0 Å². The molecule has 2 aromatic heterocycles. The number of nitrogens with one attached hydrogen (secondary N) is 1. The predicted octanol–water partition coefficient (Wildman–Crippen LogP) is 1.12. The van der Waals surface area contributed by atoms with E-state index < -0.39 is 0 Å². The Bertz CT molecular complexity index is 533. The van der Waals surface area contributed by atoms with Gasteiger partial charge in [-0.1, -0.05) is 6.07 Å². The first-order valence-corrected chi connectivity index (χ1v) is 5.50. The van der Waals surface area contributed by atoms with Crippen LogP contribution in [0.3, 0.4) is 0 Å². The van der Waals surface area contributed by atoms with Crippen molar-refractivity contribution in [3.05, 3.63) is 52.8 Å². The van der Waals surface area contributed by atoms with Gasteiger partial charge in [0.05, 0.1) is 6.54 Å². The van der Waals surface area contributed by atoms with Crippen molar-refractivity contribution in [2.75, 3.05) is 11.9 Å². The van der Waals surface area contributed by atoms with Crippen molar-refractivity contribution in [1.29, 1.82) is 0 Å². The summed E-state index contributed by atoms with van der Waals surface area (Å²) in [5.74, 6) is 0.842. The normalized spacial score (nSPS) is 10.2. The Morgan fingerprint density at radius 2 is 2.24 bits per heavy atom. The van der Waals surface area contributed by atoms with Crippen LogP contribution >= 0.6 is 0 Å². The van der Waals surface area contributed by atoms with Crippen LogP contribution < -0.4 is 11.0 Å². The van der Waals surface area contributed by atoms with Crippen molar-refractivity contribution in [2.24, 2.45) is 0 Å². The Balaban J connectivity index is 2.14. The van der Waals surface area contributed by atoms with E-state index in [-0.39, 0.29) is 5.69 Å². The molecular weight excluding hydrogens is 216 g/mol. The number of rotatable bonds is 4. The smallest absolute Gasteiger partial charge is 0.347 e. The highest BCUT2D eigenvalue weighted by Crippen LogP contribution is 2.05. The van der Waals surface area contributed by atoms with Crippen molar-refractivity contribution in [1.82, 2.24) is 14.5 Å². The summed E-state index contributed by atoms with van der Waals surface area (Å²) in [6, 6.07) is 5.59. The monoisotopic (exact) mass is 230 g/mol. The Hall–Kier alpha value is -2.17. The topological polar surface area (TPSA) is 59.8 Å². The van der Waals surface area contributed by atoms with Crippen molar-refractivity contribution in [3.63, 3.8) is 0 Å². The van der Waals surface area contributed by atoms with E-state index in [0.29, 0.717) is 6.54 Å². The quantitative estimate of drug-likeness (QED) is 0.855. The summed E-state index contributed by atoms with van der Waals surface area (Å²) in [6.45, 7) is 3.35. The standard InChI is InChI=1S/C12H14N4O/c1-2-13-11-5-4-10(8-15-11)9-16-7-3-6-14-12(16)17/h3-8H,2,9H2,1H3,(H,13,15). The molecule has 17 heavy (non-hydrogen) atoms. The van der Waals surface area contributed by atoms with Gasteiger partial charge < -0.3 is 5.32 Å². The van der Waals surface area contributed by atoms with E-state index in [2.05, 4.69) is 15.3 Å². The largest absolute Gasteiger partial charge is 0.370 e. The van der Waals surface area contributed by atoms with Gasteiger partial charge in [0.2, 0.25) is 0 Å². The maximum Gasteiger partial charge on any atom is 0.347 e. The molecule has 0 bridgehead atoms. The summed E-state index contributed by atoms with van der Waals surface area (Å²) in [7, 11) is 0. The van der Waals surface area contributed by atoms with Crippen LogP contribution in [0.1, 0.15) is 12.5 Å². The number of nitrogens with zero attached hydrogens (tertiary/aromatic N) is 3. The first-order chi connectivity index (χ1) is 8.29. The van der Waals surface area contributed by atoms with E-state index >= 15 is 0 Å². The summed E-state index contributed by atoms with van der Waals surface area (Å²) >= 11 is 0. The number of aromatic nitrogens is 3. The summed E-state index contributed by atoms with van der Waals surface area (Å²) < 4.78 is 1.55. The molecule has 0 atom stereocenters. The molecule has 0 saturated carbocycles. The minimum Gasteiger partial charge on any atom is -0.370 e. The predicted molar refractivity (Wildman–Crippen MR) is 66.0 cm³/mol. The molecule has 2 aromatic rings. The highest BCUT2D eigenvalue weighted by molar-refractivity contribution is 5.35. The van der Waals surface area contributed by atoms with Crippen LogP contribution in [0.15, 0.2) is 41.6 Å². The number of anilines is 1. The van der Waals surface area contributed by atoms with Crippen molar-refractivity contribution >= 4 is 5.82 Å². The third-order valence-electron chi connectivity index (χ3n) is 2.32. The van der Waals surface area contributed by atoms with Gasteiger partial charge in [-0.2, -0.15) is 0 Å². The molecule has 0 radical (unpaired) electrons. The lowest BCUT2D eigenvalue weighted by Crippen LogP contribution is -2.21. The lowest BCUT2D eigenvalue weighted by molar-refractivity contribution is 0.724. The van der Waals surface area contributed by atoms with Crippen LogP contribution in [-0.4, -0.2) is 21.1 Å². The second-order valence-corrected chi connectivity index (χ2v) is 3.61. The highest BCUT2D eigenvalue weighted by Gasteiger charge is 1.98. The number of hydrogen-bond donors (Lipinski definition) is 1. The second-order valence-electron chi connectivity index (χ2n) is 3.61. The molecule has 0 fully saturated rings. The van der Waals surface area contributed by atoms with Crippen LogP contribution in [-0.2, 0) is 6.54 Å². The van der Waals surface area contributed by atoms with Gasteiger partial charge in [-0.15, -0.1) is 0 Å². The maximum absolute atomic E-state index is 11.4. The van der Waals surface area contributed by atoms with Crippen molar-refractivity contribution < 1.29 is 0 Å². The minimum atomic E-state index is -0.247. The SMILES string of the molecule is CCNc1ccc(Cn2cccnc2=O)cn1. The third kappa shape index (κ3) is 2.90. The Kier molecular flexibility index (Phi) is 3.49. The van der Waals surface area contributed by atoms with Crippen LogP contribution in [0.2, 0.25) is 0 Å². The number of hydrogen-bond acceptors (Lipinski definition) is 4. The molecule has 0 spiro atoms. The molecule has 0 aliphatic rings. The average Bonchev–Trinajstić information content (AvgIpc) is 2.35. The molecule has 1 N–H and O–H groups in total. The average molecular weight is 230 g/mol. The van der Waals surface area contributed by atoms with E-state index in [1.165, 1.54) is 6.20 Å². The summed E-state index contributed by atoms with van der Waals surface area (Å²) in [5, 5.41) is 3.12. The zero-order valence-electron chi connectivity index (χ0n) is 9.63. The second kappa shape index (κ2) is 5.25. The minimum absolute atomic E-state index is 0.247. The van der Waals surface area contributed by atoms with Gasteiger partial charge in [-0.25, -0.2) is 14.8 Å². The first-order valence-electron chi connectivity index (χ1n) is 5.50. The zero-order chi connectivity index (χ0) is 12.1. The van der Waals surface area contributed by atoms with Gasteiger partial charge in [0.25, 0.3) is 0 Å². The Morgan fingerprint density at radius 1 is 1.35 bits per heavy atom. The Labute approximate surface area is 99.2 Å². The molecule has 0 unspecified atom stereocenters. The molecule has 88 valence electrons. The summed E-state index contributed by atoms with van der Waals surface area (Å²) in [6.07, 6.45) is 4.97. The van der Waals surface area contributed by atoms with Crippen LogP contribution in [0.5, 0.6) is 0 Å². The van der Waals surface area contributed by atoms with E-state index in [0.717, 1.165) is 17.9 Å².